The van der Waals surface area contributed by atoms with Crippen molar-refractivity contribution in [3.63, 3.8) is 0 Å². The summed E-state index contributed by atoms with van der Waals surface area (Å²) in [5.74, 6) is 1.14. The van der Waals surface area contributed by atoms with Crippen LogP contribution in [-0.2, 0) is 4.79 Å². The fraction of sp³-hybridized carbons (Fsp3) is 0.591. The number of halogens is 1. The SMILES string of the molecule is CC(c1nnc(-c2ccc(F)cc2)o1)N1CCC(C(=O)N2CCCCCC2)CC1. The normalized spacial score (nSPS) is 20.4. The molecule has 2 saturated heterocycles. The Morgan fingerprint density at radius 3 is 2.34 bits per heavy atom. The van der Waals surface area contributed by atoms with Gasteiger partial charge in [0.25, 0.3) is 0 Å². The molecule has 0 bridgehead atoms. The molecule has 7 heteroatoms. The number of nitrogens with zero attached hydrogens (tertiary/aromatic N) is 4. The Morgan fingerprint density at radius 2 is 1.69 bits per heavy atom. The predicted octanol–water partition coefficient (Wildman–Crippen LogP) is 4.05. The molecule has 0 aliphatic carbocycles. The Hall–Kier alpha value is -2.28. The van der Waals surface area contributed by atoms with Crippen molar-refractivity contribution in [1.29, 1.82) is 0 Å². The Balaban J connectivity index is 1.33. The molecule has 0 spiro atoms. The molecule has 1 aromatic carbocycles. The average Bonchev–Trinajstić information content (AvgIpc) is 3.08. The van der Waals surface area contributed by atoms with Crippen molar-refractivity contribution in [3.8, 4) is 11.5 Å². The lowest BCUT2D eigenvalue weighted by Gasteiger charge is -2.36. The van der Waals surface area contributed by atoms with Gasteiger partial charge in [-0.15, -0.1) is 10.2 Å². The number of likely N-dealkylation sites (tertiary alicyclic amines) is 2. The number of carbonyl (C=O) groups excluding carboxylic acids is 1. The predicted molar refractivity (Wildman–Crippen MR) is 107 cm³/mol. The molecule has 2 aromatic rings. The number of amides is 1. The van der Waals surface area contributed by atoms with E-state index in [9.17, 15) is 9.18 Å². The molecule has 29 heavy (non-hydrogen) atoms. The fourth-order valence-corrected chi connectivity index (χ4v) is 4.35. The van der Waals surface area contributed by atoms with E-state index >= 15 is 0 Å². The Bertz CT molecular complexity index is 806. The van der Waals surface area contributed by atoms with Gasteiger partial charge in [-0.05, 0) is 70.0 Å². The summed E-state index contributed by atoms with van der Waals surface area (Å²) in [5, 5.41) is 8.32. The first-order chi connectivity index (χ1) is 14.1. The Labute approximate surface area is 171 Å². The highest BCUT2D eigenvalue weighted by molar-refractivity contribution is 5.79. The van der Waals surface area contributed by atoms with E-state index in [1.165, 1.54) is 25.0 Å². The van der Waals surface area contributed by atoms with Crippen LogP contribution in [0.1, 0.15) is 57.4 Å². The van der Waals surface area contributed by atoms with Crippen LogP contribution in [0.4, 0.5) is 4.39 Å². The van der Waals surface area contributed by atoms with Crippen molar-refractivity contribution in [2.75, 3.05) is 26.2 Å². The van der Waals surface area contributed by atoms with Gasteiger partial charge in [-0.2, -0.15) is 0 Å². The minimum absolute atomic E-state index is 0.00839. The molecular weight excluding hydrogens is 371 g/mol. The largest absolute Gasteiger partial charge is 0.419 e. The van der Waals surface area contributed by atoms with Gasteiger partial charge in [0.15, 0.2) is 0 Å². The second-order valence-electron chi connectivity index (χ2n) is 8.18. The minimum atomic E-state index is -0.292. The first-order valence-corrected chi connectivity index (χ1v) is 10.7. The lowest BCUT2D eigenvalue weighted by atomic mass is 9.94. The molecule has 0 saturated carbocycles. The van der Waals surface area contributed by atoms with Crippen LogP contribution < -0.4 is 0 Å². The molecule has 6 nitrogen and oxygen atoms in total. The molecule has 3 heterocycles. The van der Waals surface area contributed by atoms with Gasteiger partial charge in [-0.25, -0.2) is 4.39 Å². The number of hydrogen-bond donors (Lipinski definition) is 0. The summed E-state index contributed by atoms with van der Waals surface area (Å²) in [6, 6.07) is 6.03. The number of benzene rings is 1. The zero-order valence-electron chi connectivity index (χ0n) is 17.0. The summed E-state index contributed by atoms with van der Waals surface area (Å²) >= 11 is 0. The van der Waals surface area contributed by atoms with E-state index in [2.05, 4.69) is 26.9 Å². The maximum Gasteiger partial charge on any atom is 0.247 e. The monoisotopic (exact) mass is 400 g/mol. The van der Waals surface area contributed by atoms with Crippen molar-refractivity contribution in [1.82, 2.24) is 20.0 Å². The lowest BCUT2D eigenvalue weighted by molar-refractivity contribution is -0.137. The molecule has 1 amide bonds. The van der Waals surface area contributed by atoms with Crippen LogP contribution in [0.2, 0.25) is 0 Å². The minimum Gasteiger partial charge on any atom is -0.419 e. The van der Waals surface area contributed by atoms with Gasteiger partial charge in [-0.3, -0.25) is 9.69 Å². The van der Waals surface area contributed by atoms with E-state index in [1.54, 1.807) is 12.1 Å². The zero-order valence-corrected chi connectivity index (χ0v) is 17.0. The third-order valence-electron chi connectivity index (χ3n) is 6.23. The van der Waals surface area contributed by atoms with Crippen LogP contribution >= 0.6 is 0 Å². The van der Waals surface area contributed by atoms with Gasteiger partial charge in [0.05, 0.1) is 6.04 Å². The number of rotatable bonds is 4. The van der Waals surface area contributed by atoms with Crippen LogP contribution in [0.5, 0.6) is 0 Å². The highest BCUT2D eigenvalue weighted by Gasteiger charge is 2.32. The Kier molecular flexibility index (Phi) is 6.23. The number of carbonyl (C=O) groups is 1. The first kappa shape index (κ1) is 20.0. The van der Waals surface area contributed by atoms with Gasteiger partial charge in [-0.1, -0.05) is 12.8 Å². The smallest absolute Gasteiger partial charge is 0.247 e. The van der Waals surface area contributed by atoms with E-state index in [-0.39, 0.29) is 17.8 Å². The molecule has 156 valence electrons. The number of piperidine rings is 1. The molecular formula is C22H29FN4O2. The van der Waals surface area contributed by atoms with Crippen molar-refractivity contribution in [3.05, 3.63) is 36.0 Å². The molecule has 2 fully saturated rings. The molecule has 2 aliphatic rings. The van der Waals surface area contributed by atoms with Gasteiger partial charge in [0, 0.05) is 24.6 Å². The first-order valence-electron chi connectivity index (χ1n) is 10.7. The quantitative estimate of drug-likeness (QED) is 0.775. The van der Waals surface area contributed by atoms with E-state index in [1.807, 2.05) is 0 Å². The highest BCUT2D eigenvalue weighted by Crippen LogP contribution is 2.29. The van der Waals surface area contributed by atoms with E-state index in [0.717, 1.165) is 51.9 Å². The van der Waals surface area contributed by atoms with Crippen LogP contribution in [0.3, 0.4) is 0 Å². The molecule has 1 aromatic heterocycles. The van der Waals surface area contributed by atoms with Crippen LogP contribution in [0.25, 0.3) is 11.5 Å². The molecule has 0 N–H and O–H groups in total. The third kappa shape index (κ3) is 4.66. The molecule has 1 unspecified atom stereocenters. The summed E-state index contributed by atoms with van der Waals surface area (Å²) in [5.41, 5.74) is 0.708. The van der Waals surface area contributed by atoms with Gasteiger partial charge in [0.2, 0.25) is 17.7 Å². The van der Waals surface area contributed by atoms with Gasteiger partial charge < -0.3 is 9.32 Å². The molecule has 4 rings (SSSR count). The fourth-order valence-electron chi connectivity index (χ4n) is 4.35. The third-order valence-corrected chi connectivity index (χ3v) is 6.23. The summed E-state index contributed by atoms with van der Waals surface area (Å²) in [4.78, 5) is 17.3. The van der Waals surface area contributed by atoms with Crippen molar-refractivity contribution in [2.45, 2.75) is 51.5 Å². The number of aromatic nitrogens is 2. The van der Waals surface area contributed by atoms with Crippen LogP contribution in [0, 0.1) is 11.7 Å². The van der Waals surface area contributed by atoms with Crippen molar-refractivity contribution >= 4 is 5.91 Å². The lowest BCUT2D eigenvalue weighted by Crippen LogP contribution is -2.43. The Morgan fingerprint density at radius 1 is 1.03 bits per heavy atom. The second kappa shape index (κ2) is 9.03. The maximum absolute atomic E-state index is 13.1. The summed E-state index contributed by atoms with van der Waals surface area (Å²) in [7, 11) is 0. The number of hydrogen-bond acceptors (Lipinski definition) is 5. The van der Waals surface area contributed by atoms with E-state index in [4.69, 9.17) is 4.42 Å². The summed E-state index contributed by atoms with van der Waals surface area (Å²) < 4.78 is 19.0. The topological polar surface area (TPSA) is 62.5 Å². The van der Waals surface area contributed by atoms with Gasteiger partial charge in [0.1, 0.15) is 5.82 Å². The van der Waals surface area contributed by atoms with Gasteiger partial charge >= 0.3 is 0 Å². The average molecular weight is 400 g/mol. The summed E-state index contributed by atoms with van der Waals surface area (Å²) in [6.07, 6.45) is 6.50. The molecule has 2 aliphatic heterocycles. The van der Waals surface area contributed by atoms with Crippen LogP contribution in [-0.4, -0.2) is 52.1 Å². The van der Waals surface area contributed by atoms with E-state index < -0.39 is 0 Å². The van der Waals surface area contributed by atoms with E-state index in [0.29, 0.717) is 23.3 Å². The zero-order chi connectivity index (χ0) is 20.2. The molecule has 1 atom stereocenters. The standard InChI is InChI=1S/C22H29FN4O2/c1-16(20-24-25-21(29-20)17-6-8-19(23)9-7-17)26-14-10-18(11-15-26)22(28)27-12-4-2-3-5-13-27/h6-9,16,18H,2-5,10-15H2,1H3. The van der Waals surface area contributed by atoms with Crippen molar-refractivity contribution in [2.24, 2.45) is 5.92 Å². The highest BCUT2D eigenvalue weighted by atomic mass is 19.1. The van der Waals surface area contributed by atoms with Crippen molar-refractivity contribution < 1.29 is 13.6 Å². The van der Waals surface area contributed by atoms with Crippen LogP contribution in [0.15, 0.2) is 28.7 Å². The maximum atomic E-state index is 13.1. The summed E-state index contributed by atoms with van der Waals surface area (Å²) in [6.45, 7) is 5.59. The second-order valence-corrected chi connectivity index (χ2v) is 8.18. The molecule has 0 radical (unpaired) electrons.